The fraction of sp³-hybridized carbons (Fsp3) is 0.0909. The second kappa shape index (κ2) is 3.98. The van der Waals surface area contributed by atoms with Crippen LogP contribution < -0.4 is 0 Å². The highest BCUT2D eigenvalue weighted by Gasteiger charge is 2.14. The van der Waals surface area contributed by atoms with E-state index in [0.29, 0.717) is 10.7 Å². The molecule has 1 aromatic heterocycles. The van der Waals surface area contributed by atoms with Gasteiger partial charge in [0.05, 0.1) is 10.7 Å². The van der Waals surface area contributed by atoms with E-state index >= 15 is 0 Å². The number of halogens is 1. The summed E-state index contributed by atoms with van der Waals surface area (Å²) >= 11 is 6.00. The van der Waals surface area contributed by atoms with Gasteiger partial charge in [0.2, 0.25) is 5.82 Å². The van der Waals surface area contributed by atoms with Gasteiger partial charge in [-0.15, -0.1) is 0 Å². The molecular weight excluding hydrogens is 228 g/mol. The molecule has 2 aromatic rings. The number of aryl methyl sites for hydroxylation is 1. The van der Waals surface area contributed by atoms with Crippen LogP contribution in [0.2, 0.25) is 5.02 Å². The molecule has 5 heteroatoms. The lowest BCUT2D eigenvalue weighted by molar-refractivity contribution is 0.0680. The average Bonchev–Trinajstić information content (AvgIpc) is 2.61. The van der Waals surface area contributed by atoms with Crippen molar-refractivity contribution < 1.29 is 9.90 Å². The number of carboxylic acid groups (broad SMARTS) is 1. The Morgan fingerprint density at radius 2 is 2.12 bits per heavy atom. The number of benzene rings is 1. The minimum Gasteiger partial charge on any atom is -0.475 e. The molecule has 2 rings (SSSR count). The van der Waals surface area contributed by atoms with E-state index in [1.807, 2.05) is 12.1 Å². The zero-order valence-electron chi connectivity index (χ0n) is 8.51. The molecule has 0 radical (unpaired) electrons. The van der Waals surface area contributed by atoms with Crippen LogP contribution in [0.4, 0.5) is 0 Å². The van der Waals surface area contributed by atoms with Crippen LogP contribution in [0, 0.1) is 0 Å². The van der Waals surface area contributed by atoms with Gasteiger partial charge < -0.3 is 9.67 Å². The fourth-order valence-corrected chi connectivity index (χ4v) is 1.70. The summed E-state index contributed by atoms with van der Waals surface area (Å²) in [5.41, 5.74) is 1.29. The number of aromatic nitrogens is 2. The SMILES string of the molecule is Cn1cc(-c2ccccc2Cl)nc1C(=O)O. The Labute approximate surface area is 97.1 Å². The van der Waals surface area contributed by atoms with E-state index in [4.69, 9.17) is 16.7 Å². The Morgan fingerprint density at radius 1 is 1.44 bits per heavy atom. The molecule has 0 atom stereocenters. The molecule has 0 amide bonds. The first-order chi connectivity index (χ1) is 7.59. The Kier molecular flexibility index (Phi) is 2.66. The van der Waals surface area contributed by atoms with Crippen molar-refractivity contribution in [2.24, 2.45) is 7.05 Å². The highest BCUT2D eigenvalue weighted by atomic mass is 35.5. The lowest BCUT2D eigenvalue weighted by Crippen LogP contribution is -2.04. The molecule has 1 N–H and O–H groups in total. The van der Waals surface area contributed by atoms with Crippen molar-refractivity contribution in [3.63, 3.8) is 0 Å². The fourth-order valence-electron chi connectivity index (χ4n) is 1.46. The molecule has 0 aliphatic rings. The molecule has 0 unspecified atom stereocenters. The van der Waals surface area contributed by atoms with Gasteiger partial charge in [-0.25, -0.2) is 9.78 Å². The lowest BCUT2D eigenvalue weighted by Gasteiger charge is -1.98. The Morgan fingerprint density at radius 3 is 2.69 bits per heavy atom. The number of nitrogens with zero attached hydrogens (tertiary/aromatic N) is 2. The summed E-state index contributed by atoms with van der Waals surface area (Å²) in [5, 5.41) is 9.43. The van der Waals surface area contributed by atoms with Crippen LogP contribution >= 0.6 is 11.6 Å². The summed E-state index contributed by atoms with van der Waals surface area (Å²) in [6.07, 6.45) is 1.64. The van der Waals surface area contributed by atoms with Crippen LogP contribution in [-0.2, 0) is 7.05 Å². The molecule has 0 saturated heterocycles. The van der Waals surface area contributed by atoms with E-state index < -0.39 is 5.97 Å². The first kappa shape index (κ1) is 10.7. The lowest BCUT2D eigenvalue weighted by atomic mass is 10.2. The Balaban J connectivity index is 2.54. The van der Waals surface area contributed by atoms with Crippen molar-refractivity contribution in [2.45, 2.75) is 0 Å². The number of rotatable bonds is 2. The minimum absolute atomic E-state index is 0.00470. The van der Waals surface area contributed by atoms with Crippen LogP contribution in [0.25, 0.3) is 11.3 Å². The number of hydrogen-bond donors (Lipinski definition) is 1. The molecule has 0 bridgehead atoms. The molecule has 0 spiro atoms. The maximum Gasteiger partial charge on any atom is 0.372 e. The maximum atomic E-state index is 10.8. The van der Waals surface area contributed by atoms with Crippen molar-refractivity contribution in [3.05, 3.63) is 41.3 Å². The van der Waals surface area contributed by atoms with Gasteiger partial charge in [0, 0.05) is 18.8 Å². The monoisotopic (exact) mass is 236 g/mol. The van der Waals surface area contributed by atoms with E-state index in [2.05, 4.69) is 4.98 Å². The summed E-state index contributed by atoms with van der Waals surface area (Å²) < 4.78 is 1.46. The smallest absolute Gasteiger partial charge is 0.372 e. The maximum absolute atomic E-state index is 10.8. The number of aromatic carboxylic acids is 1. The van der Waals surface area contributed by atoms with Gasteiger partial charge in [0.25, 0.3) is 0 Å². The third-order valence-corrected chi connectivity index (χ3v) is 2.55. The van der Waals surface area contributed by atoms with Crippen molar-refractivity contribution in [2.75, 3.05) is 0 Å². The largest absolute Gasteiger partial charge is 0.475 e. The van der Waals surface area contributed by atoms with Gasteiger partial charge in [-0.05, 0) is 6.07 Å². The van der Waals surface area contributed by atoms with Crippen molar-refractivity contribution in [3.8, 4) is 11.3 Å². The average molecular weight is 237 g/mol. The summed E-state index contributed by atoms with van der Waals surface area (Å²) in [6, 6.07) is 7.19. The van der Waals surface area contributed by atoms with Crippen LogP contribution in [-0.4, -0.2) is 20.6 Å². The van der Waals surface area contributed by atoms with Crippen LogP contribution in [0.1, 0.15) is 10.6 Å². The van der Waals surface area contributed by atoms with Crippen molar-refractivity contribution in [1.82, 2.24) is 9.55 Å². The second-order valence-electron chi connectivity index (χ2n) is 3.35. The van der Waals surface area contributed by atoms with Gasteiger partial charge in [-0.1, -0.05) is 29.8 Å². The molecule has 1 heterocycles. The molecular formula is C11H9ClN2O2. The topological polar surface area (TPSA) is 55.1 Å². The van der Waals surface area contributed by atoms with Gasteiger partial charge in [0.1, 0.15) is 0 Å². The summed E-state index contributed by atoms with van der Waals surface area (Å²) in [7, 11) is 1.64. The third kappa shape index (κ3) is 1.79. The van der Waals surface area contributed by atoms with Gasteiger partial charge >= 0.3 is 5.97 Å². The normalized spacial score (nSPS) is 10.4. The van der Waals surface area contributed by atoms with Crippen molar-refractivity contribution >= 4 is 17.6 Å². The van der Waals surface area contributed by atoms with Gasteiger partial charge in [-0.2, -0.15) is 0 Å². The number of carbonyl (C=O) groups is 1. The highest BCUT2D eigenvalue weighted by molar-refractivity contribution is 6.33. The molecule has 82 valence electrons. The van der Waals surface area contributed by atoms with E-state index in [0.717, 1.165) is 5.56 Å². The van der Waals surface area contributed by atoms with E-state index in [9.17, 15) is 4.79 Å². The second-order valence-corrected chi connectivity index (χ2v) is 3.75. The predicted molar refractivity (Wildman–Crippen MR) is 60.6 cm³/mol. The summed E-state index contributed by atoms with van der Waals surface area (Å²) in [4.78, 5) is 14.9. The minimum atomic E-state index is -1.05. The first-order valence-electron chi connectivity index (χ1n) is 4.61. The quantitative estimate of drug-likeness (QED) is 0.871. The molecule has 0 fully saturated rings. The van der Waals surface area contributed by atoms with Crippen LogP contribution in [0.5, 0.6) is 0 Å². The first-order valence-corrected chi connectivity index (χ1v) is 4.99. The van der Waals surface area contributed by atoms with Crippen LogP contribution in [0.15, 0.2) is 30.5 Å². The predicted octanol–water partition coefficient (Wildman–Crippen LogP) is 2.44. The molecule has 0 saturated carbocycles. The number of imidazole rings is 1. The molecule has 1 aromatic carbocycles. The van der Waals surface area contributed by atoms with Gasteiger partial charge in [-0.3, -0.25) is 0 Å². The number of hydrogen-bond acceptors (Lipinski definition) is 2. The molecule has 0 aliphatic heterocycles. The number of carboxylic acids is 1. The van der Waals surface area contributed by atoms with Gasteiger partial charge in [0.15, 0.2) is 0 Å². The Bertz CT molecular complexity index is 549. The standard InChI is InChI=1S/C11H9ClN2O2/c1-14-6-9(13-10(14)11(15)16)7-4-2-3-5-8(7)12/h2-6H,1H3,(H,15,16). The highest BCUT2D eigenvalue weighted by Crippen LogP contribution is 2.26. The van der Waals surface area contributed by atoms with E-state index in [-0.39, 0.29) is 5.82 Å². The van der Waals surface area contributed by atoms with E-state index in [1.165, 1.54) is 4.57 Å². The Hall–Kier alpha value is -1.81. The summed E-state index contributed by atoms with van der Waals surface area (Å²) in [6.45, 7) is 0. The zero-order valence-corrected chi connectivity index (χ0v) is 9.27. The summed E-state index contributed by atoms with van der Waals surface area (Å²) in [5.74, 6) is -1.06. The van der Waals surface area contributed by atoms with Crippen LogP contribution in [0.3, 0.4) is 0 Å². The third-order valence-electron chi connectivity index (χ3n) is 2.22. The zero-order chi connectivity index (χ0) is 11.7. The molecule has 16 heavy (non-hydrogen) atoms. The molecule has 4 nitrogen and oxygen atoms in total. The van der Waals surface area contributed by atoms with E-state index in [1.54, 1.807) is 25.4 Å². The molecule has 0 aliphatic carbocycles. The van der Waals surface area contributed by atoms with Crippen molar-refractivity contribution in [1.29, 1.82) is 0 Å².